The molecule has 0 spiro atoms. The zero-order valence-corrected chi connectivity index (χ0v) is 10.1. The van der Waals surface area contributed by atoms with Gasteiger partial charge in [-0.25, -0.2) is 0 Å². The van der Waals surface area contributed by atoms with Crippen LogP contribution in [0.4, 0.5) is 0 Å². The molecule has 0 atom stereocenters. The maximum absolute atomic E-state index is 11.4. The SMILES string of the molecule is CCN(CC)CCSCC(=O)C1CC1. The fourth-order valence-corrected chi connectivity index (χ4v) is 2.40. The summed E-state index contributed by atoms with van der Waals surface area (Å²) in [5.74, 6) is 2.76. The Morgan fingerprint density at radius 3 is 2.50 bits per heavy atom. The molecular formula is C11H21NOS. The highest BCUT2D eigenvalue weighted by molar-refractivity contribution is 7.99. The molecule has 0 unspecified atom stereocenters. The van der Waals surface area contributed by atoms with Gasteiger partial charge in [-0.1, -0.05) is 13.8 Å². The predicted molar refractivity (Wildman–Crippen MR) is 62.8 cm³/mol. The van der Waals surface area contributed by atoms with Crippen LogP contribution in [0.3, 0.4) is 0 Å². The Kier molecular flexibility index (Phi) is 5.56. The van der Waals surface area contributed by atoms with Gasteiger partial charge in [0, 0.05) is 18.2 Å². The quantitative estimate of drug-likeness (QED) is 0.578. The second kappa shape index (κ2) is 6.46. The van der Waals surface area contributed by atoms with Gasteiger partial charge in [0.25, 0.3) is 0 Å². The number of carbonyl (C=O) groups is 1. The van der Waals surface area contributed by atoms with Crippen molar-refractivity contribution in [2.24, 2.45) is 5.92 Å². The van der Waals surface area contributed by atoms with Gasteiger partial charge >= 0.3 is 0 Å². The Bertz CT molecular complexity index is 176. The molecule has 0 bridgehead atoms. The van der Waals surface area contributed by atoms with Crippen molar-refractivity contribution in [1.82, 2.24) is 4.90 Å². The summed E-state index contributed by atoms with van der Waals surface area (Å²) >= 11 is 1.80. The predicted octanol–water partition coefficient (Wildman–Crippen LogP) is 2.04. The summed E-state index contributed by atoms with van der Waals surface area (Å²) in [6.45, 7) is 7.73. The first-order valence-corrected chi connectivity index (χ1v) is 6.76. The monoisotopic (exact) mass is 215 g/mol. The third kappa shape index (κ3) is 4.47. The number of carbonyl (C=O) groups excluding carboxylic acids is 1. The molecule has 0 radical (unpaired) electrons. The van der Waals surface area contributed by atoms with Crippen molar-refractivity contribution in [3.63, 3.8) is 0 Å². The molecule has 0 heterocycles. The van der Waals surface area contributed by atoms with Crippen molar-refractivity contribution in [1.29, 1.82) is 0 Å². The van der Waals surface area contributed by atoms with Crippen molar-refractivity contribution in [3.8, 4) is 0 Å². The van der Waals surface area contributed by atoms with Crippen LogP contribution < -0.4 is 0 Å². The first-order chi connectivity index (χ1) is 6.77. The molecule has 0 aromatic carbocycles. The highest BCUT2D eigenvalue weighted by atomic mass is 32.2. The first kappa shape index (κ1) is 12.1. The third-order valence-electron chi connectivity index (χ3n) is 2.72. The Balaban J connectivity index is 1.95. The van der Waals surface area contributed by atoms with Gasteiger partial charge < -0.3 is 4.90 Å². The molecule has 1 aliphatic rings. The summed E-state index contributed by atoms with van der Waals surface area (Å²) in [5, 5.41) is 0. The molecule has 82 valence electrons. The van der Waals surface area contributed by atoms with Gasteiger partial charge in [0.05, 0.1) is 5.75 Å². The molecule has 0 N–H and O–H groups in total. The molecule has 3 heteroatoms. The van der Waals surface area contributed by atoms with Crippen LogP contribution in [0.2, 0.25) is 0 Å². The molecule has 1 saturated carbocycles. The van der Waals surface area contributed by atoms with Gasteiger partial charge in [-0.05, 0) is 25.9 Å². The molecule has 2 nitrogen and oxygen atoms in total. The number of rotatable bonds is 8. The van der Waals surface area contributed by atoms with Crippen LogP contribution in [0.1, 0.15) is 26.7 Å². The maximum Gasteiger partial charge on any atom is 0.145 e. The summed E-state index contributed by atoms with van der Waals surface area (Å²) in [6.07, 6.45) is 2.30. The zero-order valence-electron chi connectivity index (χ0n) is 9.29. The van der Waals surface area contributed by atoms with Crippen LogP contribution in [-0.4, -0.2) is 41.8 Å². The van der Waals surface area contributed by atoms with E-state index < -0.39 is 0 Å². The van der Waals surface area contributed by atoms with E-state index in [2.05, 4.69) is 18.7 Å². The van der Waals surface area contributed by atoms with E-state index in [0.29, 0.717) is 11.7 Å². The fraction of sp³-hybridized carbons (Fsp3) is 0.909. The number of nitrogens with zero attached hydrogens (tertiary/aromatic N) is 1. The highest BCUT2D eigenvalue weighted by Gasteiger charge is 2.28. The Labute approximate surface area is 91.4 Å². The van der Waals surface area contributed by atoms with Crippen LogP contribution >= 0.6 is 11.8 Å². The minimum absolute atomic E-state index is 0.441. The summed E-state index contributed by atoms with van der Waals surface area (Å²) in [7, 11) is 0. The molecule has 1 aliphatic carbocycles. The van der Waals surface area contributed by atoms with Crippen molar-refractivity contribution in [2.45, 2.75) is 26.7 Å². The summed E-state index contributed by atoms with van der Waals surface area (Å²) < 4.78 is 0. The average Bonchev–Trinajstić information content (AvgIpc) is 3.01. The van der Waals surface area contributed by atoms with E-state index in [1.807, 2.05) is 0 Å². The average molecular weight is 215 g/mol. The molecule has 1 rings (SSSR count). The topological polar surface area (TPSA) is 20.3 Å². The lowest BCUT2D eigenvalue weighted by atomic mass is 10.3. The van der Waals surface area contributed by atoms with Crippen LogP contribution in [0.5, 0.6) is 0 Å². The van der Waals surface area contributed by atoms with E-state index in [1.165, 1.54) is 0 Å². The standard InChI is InChI=1S/C11H21NOS/c1-3-12(4-2)7-8-14-9-11(13)10-5-6-10/h10H,3-9H2,1-2H3. The van der Waals surface area contributed by atoms with Crippen molar-refractivity contribution >= 4 is 17.5 Å². The van der Waals surface area contributed by atoms with Crippen molar-refractivity contribution < 1.29 is 4.79 Å². The normalized spacial score (nSPS) is 16.2. The second-order valence-corrected chi connectivity index (χ2v) is 4.93. The third-order valence-corrected chi connectivity index (χ3v) is 3.68. The number of hydrogen-bond donors (Lipinski definition) is 0. The number of Topliss-reactive ketones (excluding diaryl/α,β-unsaturated/α-hetero) is 1. The van der Waals surface area contributed by atoms with E-state index in [1.54, 1.807) is 11.8 Å². The number of thioether (sulfide) groups is 1. The second-order valence-electron chi connectivity index (χ2n) is 3.82. The Morgan fingerprint density at radius 1 is 1.36 bits per heavy atom. The first-order valence-electron chi connectivity index (χ1n) is 5.60. The van der Waals surface area contributed by atoms with Gasteiger partial charge in [-0.2, -0.15) is 11.8 Å². The number of hydrogen-bond acceptors (Lipinski definition) is 3. The van der Waals surface area contributed by atoms with Crippen molar-refractivity contribution in [3.05, 3.63) is 0 Å². The van der Waals surface area contributed by atoms with E-state index in [0.717, 1.165) is 44.0 Å². The molecule has 14 heavy (non-hydrogen) atoms. The van der Waals surface area contributed by atoms with E-state index in [4.69, 9.17) is 0 Å². The summed E-state index contributed by atoms with van der Waals surface area (Å²) in [5.41, 5.74) is 0. The fourth-order valence-electron chi connectivity index (χ4n) is 1.43. The lowest BCUT2D eigenvalue weighted by molar-refractivity contribution is -0.117. The van der Waals surface area contributed by atoms with Gasteiger partial charge in [-0.15, -0.1) is 0 Å². The smallest absolute Gasteiger partial charge is 0.145 e. The lowest BCUT2D eigenvalue weighted by Crippen LogP contribution is -2.25. The van der Waals surface area contributed by atoms with Gasteiger partial charge in [-0.3, -0.25) is 4.79 Å². The molecule has 0 aromatic heterocycles. The molecule has 0 saturated heterocycles. The molecular weight excluding hydrogens is 194 g/mol. The lowest BCUT2D eigenvalue weighted by Gasteiger charge is -2.17. The van der Waals surface area contributed by atoms with Crippen LogP contribution in [0.15, 0.2) is 0 Å². The summed E-state index contributed by atoms with van der Waals surface area (Å²) in [6, 6.07) is 0. The van der Waals surface area contributed by atoms with Crippen LogP contribution in [0, 0.1) is 5.92 Å². The summed E-state index contributed by atoms with van der Waals surface area (Å²) in [4.78, 5) is 13.8. The van der Waals surface area contributed by atoms with E-state index in [9.17, 15) is 4.79 Å². The molecule has 0 aliphatic heterocycles. The highest BCUT2D eigenvalue weighted by Crippen LogP contribution is 2.30. The van der Waals surface area contributed by atoms with Gasteiger partial charge in [0.1, 0.15) is 5.78 Å². The zero-order chi connectivity index (χ0) is 10.4. The maximum atomic E-state index is 11.4. The van der Waals surface area contributed by atoms with Crippen LogP contribution in [-0.2, 0) is 4.79 Å². The van der Waals surface area contributed by atoms with Crippen molar-refractivity contribution in [2.75, 3.05) is 31.1 Å². The van der Waals surface area contributed by atoms with E-state index >= 15 is 0 Å². The Morgan fingerprint density at radius 2 is 2.00 bits per heavy atom. The molecule has 0 aromatic rings. The largest absolute Gasteiger partial charge is 0.303 e. The molecule has 1 fully saturated rings. The number of ketones is 1. The minimum Gasteiger partial charge on any atom is -0.303 e. The molecule has 0 amide bonds. The Hall–Kier alpha value is -0.0200. The van der Waals surface area contributed by atoms with E-state index in [-0.39, 0.29) is 0 Å². The minimum atomic E-state index is 0.441. The van der Waals surface area contributed by atoms with Gasteiger partial charge in [0.2, 0.25) is 0 Å². The van der Waals surface area contributed by atoms with Gasteiger partial charge in [0.15, 0.2) is 0 Å². The van der Waals surface area contributed by atoms with Crippen LogP contribution in [0.25, 0.3) is 0 Å².